The molecule has 1 saturated carbocycles. The normalized spacial score (nSPS) is 32.4. The number of aryl methyl sites for hydroxylation is 1. The molecule has 3 heteroatoms. The number of allylic oxidation sites excluding steroid dienone is 1. The van der Waals surface area contributed by atoms with Crippen LogP contribution in [-0.2, 0) is 18.3 Å². The third kappa shape index (κ3) is 3.09. The highest BCUT2D eigenvalue weighted by Gasteiger charge is 2.55. The molecular formula is C24H28O3. The number of hydrogen-bond donors (Lipinski definition) is 3. The van der Waals surface area contributed by atoms with Crippen LogP contribution in [0.25, 0.3) is 0 Å². The number of aliphatic hydroxyl groups excluding tert-OH is 1. The maximum Gasteiger partial charge on any atom is 0.115 e. The topological polar surface area (TPSA) is 60.7 Å². The molecule has 4 rings (SSSR count). The average Bonchev–Trinajstić information content (AvgIpc) is 2.64. The maximum atomic E-state index is 11.4. The molecule has 0 radical (unpaired) electrons. The highest BCUT2D eigenvalue weighted by Crippen LogP contribution is 2.55. The van der Waals surface area contributed by atoms with Crippen LogP contribution in [0.15, 0.2) is 61.2 Å². The summed E-state index contributed by atoms with van der Waals surface area (Å²) in [4.78, 5) is 0. The van der Waals surface area contributed by atoms with Gasteiger partial charge >= 0.3 is 0 Å². The lowest BCUT2D eigenvalue weighted by Crippen LogP contribution is -2.58. The Bertz CT molecular complexity index is 831. The fourth-order valence-corrected chi connectivity index (χ4v) is 5.53. The van der Waals surface area contributed by atoms with E-state index in [2.05, 4.69) is 6.58 Å². The number of aliphatic hydroxyl groups is 2. The monoisotopic (exact) mass is 364 g/mol. The van der Waals surface area contributed by atoms with Gasteiger partial charge in [-0.3, -0.25) is 0 Å². The van der Waals surface area contributed by atoms with Gasteiger partial charge in [0.25, 0.3) is 0 Å². The number of phenols is 1. The summed E-state index contributed by atoms with van der Waals surface area (Å²) in [5.41, 5.74) is 2.10. The fraction of sp³-hybridized carbons (Fsp3) is 0.417. The van der Waals surface area contributed by atoms with Crippen LogP contribution >= 0.6 is 0 Å². The fourth-order valence-electron chi connectivity index (χ4n) is 5.53. The predicted octanol–water partition coefficient (Wildman–Crippen LogP) is 3.90. The van der Waals surface area contributed by atoms with E-state index in [9.17, 15) is 15.3 Å². The van der Waals surface area contributed by atoms with Crippen molar-refractivity contribution in [1.29, 1.82) is 0 Å². The number of rotatable bonds is 4. The van der Waals surface area contributed by atoms with Gasteiger partial charge in [-0.25, -0.2) is 0 Å². The van der Waals surface area contributed by atoms with Gasteiger partial charge in [0.2, 0.25) is 0 Å². The third-order valence-corrected chi connectivity index (χ3v) is 6.81. The van der Waals surface area contributed by atoms with Crippen molar-refractivity contribution >= 4 is 0 Å². The minimum absolute atomic E-state index is 0.217. The van der Waals surface area contributed by atoms with Crippen LogP contribution in [0, 0.1) is 5.92 Å². The standard InChI is InChI=1S/C24H28O3/c1-2-12-23-16-22(26)24(27,14-17-6-4-3-5-7-17)15-19(23)9-8-18-13-20(25)10-11-21(18)23/h2-7,10-11,13,19,22,25-27H,1,8-9,12,14-16H2/t19-,22?,23?,24?/m1/s1. The Hall–Kier alpha value is -2.10. The van der Waals surface area contributed by atoms with Gasteiger partial charge in [0.15, 0.2) is 0 Å². The van der Waals surface area contributed by atoms with Crippen LogP contribution in [0.5, 0.6) is 5.75 Å². The second kappa shape index (κ2) is 6.81. The molecule has 27 heavy (non-hydrogen) atoms. The first kappa shape index (κ1) is 18.3. The average molecular weight is 364 g/mol. The molecule has 0 heterocycles. The van der Waals surface area contributed by atoms with Gasteiger partial charge < -0.3 is 15.3 Å². The Morgan fingerprint density at radius 1 is 1.11 bits per heavy atom. The van der Waals surface area contributed by atoms with Crippen LogP contribution in [-0.4, -0.2) is 27.0 Å². The second-order valence-corrected chi connectivity index (χ2v) is 8.42. The first-order valence-electron chi connectivity index (χ1n) is 9.84. The molecule has 142 valence electrons. The van der Waals surface area contributed by atoms with Crippen molar-refractivity contribution < 1.29 is 15.3 Å². The molecule has 0 saturated heterocycles. The van der Waals surface area contributed by atoms with Crippen LogP contribution in [0.1, 0.15) is 42.4 Å². The van der Waals surface area contributed by atoms with Crippen LogP contribution < -0.4 is 0 Å². The van der Waals surface area contributed by atoms with Gasteiger partial charge in [-0.2, -0.15) is 0 Å². The van der Waals surface area contributed by atoms with Gasteiger partial charge in [-0.05, 0) is 66.8 Å². The molecule has 2 aliphatic rings. The molecule has 0 spiro atoms. The molecule has 2 aliphatic carbocycles. The Labute approximate surface area is 161 Å². The summed E-state index contributed by atoms with van der Waals surface area (Å²) < 4.78 is 0. The quantitative estimate of drug-likeness (QED) is 0.721. The zero-order valence-corrected chi connectivity index (χ0v) is 15.6. The van der Waals surface area contributed by atoms with Crippen LogP contribution in [0.3, 0.4) is 0 Å². The van der Waals surface area contributed by atoms with Gasteiger partial charge in [-0.1, -0.05) is 42.5 Å². The Balaban J connectivity index is 1.70. The molecule has 2 aromatic rings. The minimum Gasteiger partial charge on any atom is -0.508 e. The number of hydrogen-bond acceptors (Lipinski definition) is 3. The summed E-state index contributed by atoms with van der Waals surface area (Å²) in [5.74, 6) is 0.572. The smallest absolute Gasteiger partial charge is 0.115 e. The number of fused-ring (bicyclic) bond motifs is 3. The predicted molar refractivity (Wildman–Crippen MR) is 107 cm³/mol. The largest absolute Gasteiger partial charge is 0.508 e. The lowest BCUT2D eigenvalue weighted by Gasteiger charge is -2.55. The van der Waals surface area contributed by atoms with Gasteiger partial charge in [0.05, 0.1) is 11.7 Å². The van der Waals surface area contributed by atoms with Crippen molar-refractivity contribution in [3.63, 3.8) is 0 Å². The van der Waals surface area contributed by atoms with Crippen molar-refractivity contribution in [1.82, 2.24) is 0 Å². The van der Waals surface area contributed by atoms with E-state index in [0.717, 1.165) is 30.4 Å². The van der Waals surface area contributed by atoms with Crippen molar-refractivity contribution in [3.05, 3.63) is 77.9 Å². The lowest BCUT2D eigenvalue weighted by atomic mass is 9.52. The summed E-state index contributed by atoms with van der Waals surface area (Å²) in [6, 6.07) is 15.5. The summed E-state index contributed by atoms with van der Waals surface area (Å²) in [6.07, 6.45) is 5.32. The molecule has 2 aromatic carbocycles. The van der Waals surface area contributed by atoms with Crippen LogP contribution in [0.2, 0.25) is 0 Å². The highest BCUT2D eigenvalue weighted by molar-refractivity contribution is 5.44. The third-order valence-electron chi connectivity index (χ3n) is 6.81. The first-order valence-corrected chi connectivity index (χ1v) is 9.84. The summed E-state index contributed by atoms with van der Waals surface area (Å²) in [5, 5.41) is 32.3. The molecule has 3 N–H and O–H groups in total. The molecular weight excluding hydrogens is 336 g/mol. The van der Waals surface area contributed by atoms with Crippen molar-refractivity contribution in [2.75, 3.05) is 0 Å². The SMILES string of the molecule is C=CCC12CC(O)C(O)(Cc3ccccc3)C[C@H]1CCc1cc(O)ccc12. The molecule has 1 fully saturated rings. The Kier molecular flexibility index (Phi) is 4.61. The van der Waals surface area contributed by atoms with Gasteiger partial charge in [0, 0.05) is 11.8 Å². The molecule has 3 unspecified atom stereocenters. The first-order chi connectivity index (χ1) is 13.0. The van der Waals surface area contributed by atoms with Crippen molar-refractivity contribution in [3.8, 4) is 5.75 Å². The zero-order chi connectivity index (χ0) is 19.1. The lowest BCUT2D eigenvalue weighted by molar-refractivity contribution is -0.138. The van der Waals surface area contributed by atoms with E-state index in [1.54, 1.807) is 6.07 Å². The van der Waals surface area contributed by atoms with Gasteiger partial charge in [0.1, 0.15) is 5.75 Å². The molecule has 0 amide bonds. The van der Waals surface area contributed by atoms with Crippen molar-refractivity contribution in [2.45, 2.75) is 55.6 Å². The minimum atomic E-state index is -1.11. The van der Waals surface area contributed by atoms with Crippen molar-refractivity contribution in [2.24, 2.45) is 5.92 Å². The molecule has 0 bridgehead atoms. The second-order valence-electron chi connectivity index (χ2n) is 8.42. The zero-order valence-electron chi connectivity index (χ0n) is 15.6. The van der Waals surface area contributed by atoms with E-state index >= 15 is 0 Å². The van der Waals surface area contributed by atoms with E-state index in [-0.39, 0.29) is 17.1 Å². The highest BCUT2D eigenvalue weighted by atomic mass is 16.3. The molecule has 0 aromatic heterocycles. The summed E-state index contributed by atoms with van der Waals surface area (Å²) in [7, 11) is 0. The van der Waals surface area contributed by atoms with E-state index in [4.69, 9.17) is 0 Å². The molecule has 0 aliphatic heterocycles. The Morgan fingerprint density at radius 2 is 1.89 bits per heavy atom. The van der Waals surface area contributed by atoms with E-state index in [0.29, 0.717) is 19.3 Å². The number of benzene rings is 2. The van der Waals surface area contributed by atoms with E-state index < -0.39 is 11.7 Å². The van der Waals surface area contributed by atoms with Crippen LogP contribution in [0.4, 0.5) is 0 Å². The van der Waals surface area contributed by atoms with E-state index in [1.807, 2.05) is 48.5 Å². The summed E-state index contributed by atoms with van der Waals surface area (Å²) in [6.45, 7) is 3.97. The number of phenolic OH excluding ortho intramolecular Hbond substituents is 1. The molecule has 4 atom stereocenters. The van der Waals surface area contributed by atoms with E-state index in [1.165, 1.54) is 5.56 Å². The summed E-state index contributed by atoms with van der Waals surface area (Å²) >= 11 is 0. The Morgan fingerprint density at radius 3 is 2.63 bits per heavy atom. The number of aromatic hydroxyl groups is 1. The molecule has 3 nitrogen and oxygen atoms in total. The van der Waals surface area contributed by atoms with Gasteiger partial charge in [-0.15, -0.1) is 6.58 Å². The maximum absolute atomic E-state index is 11.4.